The fourth-order valence-corrected chi connectivity index (χ4v) is 2.35. The minimum Gasteiger partial charge on any atom is -0.289 e. The largest absolute Gasteiger partial charge is 0.289 e. The fourth-order valence-electron chi connectivity index (χ4n) is 1.79. The average molecular weight is 319 g/mol. The van der Waals surface area contributed by atoms with Gasteiger partial charge in [-0.25, -0.2) is 12.8 Å². The molecule has 4 nitrogen and oxygen atoms in total. The van der Waals surface area contributed by atoms with Crippen LogP contribution >= 0.6 is 0 Å². The smallest absolute Gasteiger partial charge is 0.229 e. The zero-order valence-electron chi connectivity index (χ0n) is 11.8. The van der Waals surface area contributed by atoms with Crippen LogP contribution in [0.4, 0.5) is 10.1 Å². The number of carbonyl (C=O) groups excluding carboxylic acids is 1. The summed E-state index contributed by atoms with van der Waals surface area (Å²) < 4.78 is 37.9. The van der Waals surface area contributed by atoms with Crippen molar-refractivity contribution in [3.8, 4) is 0 Å². The highest BCUT2D eigenvalue weighted by Crippen LogP contribution is 2.13. The molecular weight excluding hydrogens is 305 g/mol. The van der Waals surface area contributed by atoms with Crippen molar-refractivity contribution in [1.29, 1.82) is 0 Å². The number of allylic oxidation sites excluding steroid dienone is 1. The molecule has 22 heavy (non-hydrogen) atoms. The molecule has 0 heterocycles. The number of carbonyl (C=O) groups is 1. The maximum atomic E-state index is 13.4. The van der Waals surface area contributed by atoms with E-state index in [4.69, 9.17) is 0 Å². The van der Waals surface area contributed by atoms with E-state index in [1.807, 2.05) is 0 Å². The molecule has 0 spiro atoms. The third-order valence-electron chi connectivity index (χ3n) is 2.79. The normalized spacial score (nSPS) is 11.5. The SMILES string of the molecule is CS(=O)(=O)Nc1ccc(C(=O)C=Cc2ccccc2F)cc1. The molecule has 0 aliphatic carbocycles. The molecule has 0 aliphatic rings. The Morgan fingerprint density at radius 2 is 1.73 bits per heavy atom. The second kappa shape index (κ2) is 6.53. The molecule has 0 unspecified atom stereocenters. The Morgan fingerprint density at radius 3 is 2.32 bits per heavy atom. The summed E-state index contributed by atoms with van der Waals surface area (Å²) in [5.74, 6) is -0.701. The molecule has 1 N–H and O–H groups in total. The number of benzene rings is 2. The van der Waals surface area contributed by atoms with Gasteiger partial charge in [0.2, 0.25) is 10.0 Å². The molecule has 0 bridgehead atoms. The van der Waals surface area contributed by atoms with Crippen molar-refractivity contribution in [2.24, 2.45) is 0 Å². The third kappa shape index (κ3) is 4.53. The van der Waals surface area contributed by atoms with Gasteiger partial charge < -0.3 is 0 Å². The summed E-state index contributed by atoms with van der Waals surface area (Å²) in [7, 11) is -3.35. The molecule has 2 rings (SSSR count). The van der Waals surface area contributed by atoms with Gasteiger partial charge in [-0.1, -0.05) is 18.2 Å². The first-order chi connectivity index (χ1) is 10.3. The van der Waals surface area contributed by atoms with Crippen LogP contribution in [-0.4, -0.2) is 20.5 Å². The van der Waals surface area contributed by atoms with E-state index < -0.39 is 15.8 Å². The lowest BCUT2D eigenvalue weighted by molar-refractivity contribution is 0.104. The molecule has 0 amide bonds. The van der Waals surface area contributed by atoms with Crippen LogP contribution in [0.5, 0.6) is 0 Å². The highest BCUT2D eigenvalue weighted by Gasteiger charge is 2.05. The van der Waals surface area contributed by atoms with Gasteiger partial charge in [-0.15, -0.1) is 0 Å². The van der Waals surface area contributed by atoms with Crippen molar-refractivity contribution < 1.29 is 17.6 Å². The number of rotatable bonds is 5. The van der Waals surface area contributed by atoms with Crippen molar-refractivity contribution in [1.82, 2.24) is 0 Å². The van der Waals surface area contributed by atoms with E-state index in [0.29, 0.717) is 16.8 Å². The molecule has 0 aliphatic heterocycles. The summed E-state index contributed by atoms with van der Waals surface area (Å²) in [5, 5.41) is 0. The Kier molecular flexibility index (Phi) is 4.72. The first-order valence-electron chi connectivity index (χ1n) is 6.40. The molecule has 0 saturated heterocycles. The van der Waals surface area contributed by atoms with Crippen molar-refractivity contribution in [2.45, 2.75) is 0 Å². The molecule has 2 aromatic rings. The van der Waals surface area contributed by atoms with E-state index in [9.17, 15) is 17.6 Å². The zero-order valence-corrected chi connectivity index (χ0v) is 12.6. The predicted molar refractivity (Wildman–Crippen MR) is 84.7 cm³/mol. The van der Waals surface area contributed by atoms with Crippen molar-refractivity contribution in [2.75, 3.05) is 11.0 Å². The van der Waals surface area contributed by atoms with Gasteiger partial charge in [-0.3, -0.25) is 9.52 Å². The Bertz CT molecular complexity index is 812. The number of hydrogen-bond donors (Lipinski definition) is 1. The number of sulfonamides is 1. The van der Waals surface area contributed by atoms with Gasteiger partial charge in [0.25, 0.3) is 0 Å². The quantitative estimate of drug-likeness (QED) is 0.680. The van der Waals surface area contributed by atoms with Gasteiger partial charge in [0.1, 0.15) is 5.82 Å². The summed E-state index contributed by atoms with van der Waals surface area (Å²) >= 11 is 0. The van der Waals surface area contributed by atoms with E-state index in [1.54, 1.807) is 18.2 Å². The topological polar surface area (TPSA) is 63.2 Å². The monoisotopic (exact) mass is 319 g/mol. The molecule has 0 radical (unpaired) electrons. The summed E-state index contributed by atoms with van der Waals surface area (Å²) in [4.78, 5) is 12.0. The predicted octanol–water partition coefficient (Wildman–Crippen LogP) is 3.09. The van der Waals surface area contributed by atoms with Gasteiger partial charge in [0.15, 0.2) is 5.78 Å². The van der Waals surface area contributed by atoms with E-state index in [2.05, 4.69) is 4.72 Å². The lowest BCUT2D eigenvalue weighted by atomic mass is 10.1. The van der Waals surface area contributed by atoms with Crippen molar-refractivity contribution >= 4 is 27.6 Å². The molecular formula is C16H14FNO3S. The van der Waals surface area contributed by atoms with E-state index >= 15 is 0 Å². The Labute approximate surface area is 128 Å². The van der Waals surface area contributed by atoms with Gasteiger partial charge in [-0.2, -0.15) is 0 Å². The second-order valence-corrected chi connectivity index (χ2v) is 6.42. The Hall–Kier alpha value is -2.47. The summed E-state index contributed by atoms with van der Waals surface area (Å²) in [6.45, 7) is 0. The fraction of sp³-hybridized carbons (Fsp3) is 0.0625. The van der Waals surface area contributed by atoms with Crippen LogP contribution in [0.2, 0.25) is 0 Å². The molecule has 114 valence electrons. The molecule has 2 aromatic carbocycles. The van der Waals surface area contributed by atoms with Crippen molar-refractivity contribution in [3.05, 3.63) is 71.6 Å². The molecule has 6 heteroatoms. The zero-order chi connectivity index (χ0) is 16.2. The van der Waals surface area contributed by atoms with Crippen LogP contribution in [-0.2, 0) is 10.0 Å². The summed E-state index contributed by atoms with van der Waals surface area (Å²) in [6, 6.07) is 12.1. The first-order valence-corrected chi connectivity index (χ1v) is 8.29. The maximum Gasteiger partial charge on any atom is 0.229 e. The minimum atomic E-state index is -3.35. The molecule has 0 fully saturated rings. The average Bonchev–Trinajstić information content (AvgIpc) is 2.45. The number of nitrogens with one attached hydrogen (secondary N) is 1. The van der Waals surface area contributed by atoms with Crippen LogP contribution in [0.1, 0.15) is 15.9 Å². The highest BCUT2D eigenvalue weighted by molar-refractivity contribution is 7.92. The number of halogens is 1. The van der Waals surface area contributed by atoms with Gasteiger partial charge in [-0.05, 0) is 42.5 Å². The summed E-state index contributed by atoms with van der Waals surface area (Å²) in [5.41, 5.74) is 1.08. The van der Waals surface area contributed by atoms with Crippen LogP contribution < -0.4 is 4.72 Å². The van der Waals surface area contributed by atoms with Crippen LogP contribution in [0.15, 0.2) is 54.6 Å². The van der Waals surface area contributed by atoms with Gasteiger partial charge in [0.05, 0.1) is 6.26 Å². The van der Waals surface area contributed by atoms with Crippen LogP contribution in [0.3, 0.4) is 0 Å². The summed E-state index contributed by atoms with van der Waals surface area (Å²) in [6.07, 6.45) is 3.72. The second-order valence-electron chi connectivity index (χ2n) is 4.67. The Morgan fingerprint density at radius 1 is 1.09 bits per heavy atom. The van der Waals surface area contributed by atoms with Crippen LogP contribution in [0, 0.1) is 5.82 Å². The van der Waals surface area contributed by atoms with Gasteiger partial charge in [0, 0.05) is 16.8 Å². The lowest BCUT2D eigenvalue weighted by Gasteiger charge is -2.04. The van der Waals surface area contributed by atoms with E-state index in [-0.39, 0.29) is 5.78 Å². The Balaban J connectivity index is 2.12. The molecule has 0 aromatic heterocycles. The van der Waals surface area contributed by atoms with Crippen LogP contribution in [0.25, 0.3) is 6.08 Å². The molecule has 0 saturated carbocycles. The van der Waals surface area contributed by atoms with Gasteiger partial charge >= 0.3 is 0 Å². The maximum absolute atomic E-state index is 13.4. The van der Waals surface area contributed by atoms with E-state index in [1.165, 1.54) is 42.5 Å². The lowest BCUT2D eigenvalue weighted by Crippen LogP contribution is -2.09. The highest BCUT2D eigenvalue weighted by atomic mass is 32.2. The standard InChI is InChI=1S/C16H14FNO3S/c1-22(20,21)18-14-9-6-13(7-10-14)16(19)11-8-12-4-2-3-5-15(12)17/h2-11,18H,1H3. The third-order valence-corrected chi connectivity index (χ3v) is 3.40. The molecule has 0 atom stereocenters. The number of hydrogen-bond acceptors (Lipinski definition) is 3. The van der Waals surface area contributed by atoms with Crippen molar-refractivity contribution in [3.63, 3.8) is 0 Å². The number of ketones is 1. The van der Waals surface area contributed by atoms with E-state index in [0.717, 1.165) is 6.26 Å². The first kappa shape index (κ1) is 15.9. The minimum absolute atomic E-state index is 0.297. The number of anilines is 1.